The smallest absolute Gasteiger partial charge is 0.162 e. The van der Waals surface area contributed by atoms with Gasteiger partial charge in [-0.15, -0.1) is 0 Å². The first-order chi connectivity index (χ1) is 5.11. The molecule has 2 N–H and O–H groups in total. The third-order valence-electron chi connectivity index (χ3n) is 2.00. The van der Waals surface area contributed by atoms with Gasteiger partial charge in [-0.05, 0) is 25.6 Å². The maximum atomic E-state index is 11.7. The summed E-state index contributed by atoms with van der Waals surface area (Å²) in [4.78, 5) is 0. The average molecular weight is 176 g/mol. The fourth-order valence-electron chi connectivity index (χ4n) is 1.33. The van der Waals surface area contributed by atoms with Crippen LogP contribution < -0.4 is 0 Å². The standard InChI is InChI=1S/C7H13O3P/c1-2-5-11(10)6(8)3-4-7(11)9/h2,5-9H,3-4H2,1H3. The maximum absolute atomic E-state index is 11.7. The molecule has 0 aliphatic carbocycles. The van der Waals surface area contributed by atoms with Crippen molar-refractivity contribution in [3.05, 3.63) is 11.9 Å². The number of aliphatic hydroxyl groups is 2. The van der Waals surface area contributed by atoms with Crippen LogP contribution in [-0.2, 0) is 4.57 Å². The predicted molar refractivity (Wildman–Crippen MR) is 43.7 cm³/mol. The van der Waals surface area contributed by atoms with Crippen molar-refractivity contribution in [1.82, 2.24) is 0 Å². The van der Waals surface area contributed by atoms with Crippen LogP contribution in [0.1, 0.15) is 19.8 Å². The Balaban J connectivity index is 2.89. The van der Waals surface area contributed by atoms with Gasteiger partial charge in [0.05, 0.1) is 0 Å². The van der Waals surface area contributed by atoms with Crippen LogP contribution in [-0.4, -0.2) is 21.9 Å². The summed E-state index contributed by atoms with van der Waals surface area (Å²) < 4.78 is 11.7. The molecule has 0 bridgehead atoms. The van der Waals surface area contributed by atoms with Crippen molar-refractivity contribution in [3.63, 3.8) is 0 Å². The molecule has 0 spiro atoms. The molecule has 1 rings (SSSR count). The molecule has 0 aromatic heterocycles. The first kappa shape index (κ1) is 8.98. The SMILES string of the molecule is CC=CP1(=O)C(O)CCC1O. The lowest BCUT2D eigenvalue weighted by Gasteiger charge is -2.14. The molecule has 0 aromatic carbocycles. The minimum Gasteiger partial charge on any atom is -0.385 e. The van der Waals surface area contributed by atoms with E-state index in [0.29, 0.717) is 12.8 Å². The van der Waals surface area contributed by atoms with Crippen molar-refractivity contribution >= 4 is 7.14 Å². The molecule has 4 heteroatoms. The van der Waals surface area contributed by atoms with Gasteiger partial charge in [-0.2, -0.15) is 0 Å². The van der Waals surface area contributed by atoms with E-state index in [4.69, 9.17) is 0 Å². The van der Waals surface area contributed by atoms with E-state index in [9.17, 15) is 14.8 Å². The second-order valence-corrected chi connectivity index (χ2v) is 5.80. The van der Waals surface area contributed by atoms with Crippen LogP contribution in [0.25, 0.3) is 0 Å². The van der Waals surface area contributed by atoms with Gasteiger partial charge in [0.2, 0.25) is 0 Å². The molecule has 0 aromatic rings. The van der Waals surface area contributed by atoms with Crippen LogP contribution in [0, 0.1) is 0 Å². The summed E-state index contributed by atoms with van der Waals surface area (Å²) in [6.07, 6.45) is 2.52. The van der Waals surface area contributed by atoms with Crippen LogP contribution in [0.3, 0.4) is 0 Å². The Morgan fingerprint density at radius 2 is 1.82 bits per heavy atom. The maximum Gasteiger partial charge on any atom is 0.162 e. The second-order valence-electron chi connectivity index (χ2n) is 2.78. The molecule has 3 nitrogen and oxygen atoms in total. The molecule has 0 amide bonds. The quantitative estimate of drug-likeness (QED) is 0.592. The van der Waals surface area contributed by atoms with E-state index in [0.717, 1.165) is 0 Å². The van der Waals surface area contributed by atoms with E-state index in [-0.39, 0.29) is 0 Å². The zero-order chi connectivity index (χ0) is 8.48. The highest BCUT2D eigenvalue weighted by atomic mass is 31.2. The molecule has 1 fully saturated rings. The second kappa shape index (κ2) is 3.10. The lowest BCUT2D eigenvalue weighted by atomic mass is 10.3. The highest BCUT2D eigenvalue weighted by Crippen LogP contribution is 2.62. The molecule has 2 unspecified atom stereocenters. The van der Waals surface area contributed by atoms with E-state index in [1.165, 1.54) is 5.82 Å². The van der Waals surface area contributed by atoms with Gasteiger partial charge >= 0.3 is 0 Å². The van der Waals surface area contributed by atoms with Gasteiger partial charge in [0, 0.05) is 0 Å². The number of aliphatic hydroxyl groups excluding tert-OH is 2. The van der Waals surface area contributed by atoms with Crippen molar-refractivity contribution in [3.8, 4) is 0 Å². The highest BCUT2D eigenvalue weighted by Gasteiger charge is 2.42. The molecule has 64 valence electrons. The van der Waals surface area contributed by atoms with Crippen LogP contribution in [0.5, 0.6) is 0 Å². The third-order valence-corrected chi connectivity index (χ3v) is 5.14. The molecule has 1 aliphatic heterocycles. The van der Waals surface area contributed by atoms with Crippen LogP contribution in [0.2, 0.25) is 0 Å². The minimum atomic E-state index is -2.82. The van der Waals surface area contributed by atoms with Crippen molar-refractivity contribution in [1.29, 1.82) is 0 Å². The Hall–Kier alpha value is -0.110. The monoisotopic (exact) mass is 176 g/mol. The summed E-state index contributed by atoms with van der Waals surface area (Å²) in [5.74, 6) is -0.197. The number of allylic oxidation sites excluding steroid dienone is 1. The van der Waals surface area contributed by atoms with Gasteiger partial charge in [-0.25, -0.2) is 0 Å². The molecular formula is C7H13O3P. The Bertz CT molecular complexity index is 198. The highest BCUT2D eigenvalue weighted by molar-refractivity contribution is 7.68. The van der Waals surface area contributed by atoms with Crippen molar-refractivity contribution < 1.29 is 14.8 Å². The zero-order valence-electron chi connectivity index (χ0n) is 6.47. The minimum absolute atomic E-state index is 0.447. The number of hydrogen-bond acceptors (Lipinski definition) is 3. The van der Waals surface area contributed by atoms with E-state index >= 15 is 0 Å². The Kier molecular flexibility index (Phi) is 2.53. The zero-order valence-corrected chi connectivity index (χ0v) is 7.37. The first-order valence-electron chi connectivity index (χ1n) is 3.70. The average Bonchev–Trinajstić information content (AvgIpc) is 2.19. The molecular weight excluding hydrogens is 163 g/mol. The molecule has 1 aliphatic rings. The first-order valence-corrected chi connectivity index (χ1v) is 5.62. The van der Waals surface area contributed by atoms with E-state index in [1.807, 2.05) is 0 Å². The van der Waals surface area contributed by atoms with Crippen molar-refractivity contribution in [2.75, 3.05) is 0 Å². The predicted octanol–water partition coefficient (Wildman–Crippen LogP) is 1.31. The van der Waals surface area contributed by atoms with Gasteiger partial charge in [-0.3, -0.25) is 0 Å². The summed E-state index contributed by atoms with van der Waals surface area (Å²) in [6, 6.07) is 0. The lowest BCUT2D eigenvalue weighted by molar-refractivity contribution is 0.237. The molecule has 1 saturated heterocycles. The largest absolute Gasteiger partial charge is 0.385 e. The van der Waals surface area contributed by atoms with Crippen LogP contribution in [0.15, 0.2) is 11.9 Å². The Labute approximate surface area is 66.1 Å². The molecule has 11 heavy (non-hydrogen) atoms. The van der Waals surface area contributed by atoms with E-state index < -0.39 is 18.8 Å². The number of hydrogen-bond donors (Lipinski definition) is 2. The number of rotatable bonds is 1. The normalized spacial score (nSPS) is 45.4. The van der Waals surface area contributed by atoms with Crippen LogP contribution >= 0.6 is 7.14 Å². The van der Waals surface area contributed by atoms with E-state index in [2.05, 4.69) is 0 Å². The summed E-state index contributed by atoms with van der Waals surface area (Å²) in [6.45, 7) is 1.73. The van der Waals surface area contributed by atoms with Gasteiger partial charge in [-0.1, -0.05) is 6.08 Å². The fourth-order valence-corrected chi connectivity index (χ4v) is 3.70. The summed E-state index contributed by atoms with van der Waals surface area (Å²) in [5.41, 5.74) is 0. The van der Waals surface area contributed by atoms with Gasteiger partial charge in [0.1, 0.15) is 11.7 Å². The topological polar surface area (TPSA) is 57.5 Å². The van der Waals surface area contributed by atoms with Crippen LogP contribution in [0.4, 0.5) is 0 Å². The van der Waals surface area contributed by atoms with Crippen molar-refractivity contribution in [2.24, 2.45) is 0 Å². The lowest BCUT2D eigenvalue weighted by Crippen LogP contribution is -2.04. The Morgan fingerprint density at radius 3 is 2.18 bits per heavy atom. The van der Waals surface area contributed by atoms with Gasteiger partial charge < -0.3 is 14.8 Å². The molecule has 2 atom stereocenters. The molecule has 0 saturated carbocycles. The van der Waals surface area contributed by atoms with Crippen molar-refractivity contribution in [2.45, 2.75) is 31.5 Å². The summed E-state index contributed by atoms with van der Waals surface area (Å²) in [7, 11) is -2.82. The molecule has 1 heterocycles. The molecule has 0 radical (unpaired) electrons. The van der Waals surface area contributed by atoms with Gasteiger partial charge in [0.25, 0.3) is 0 Å². The summed E-state index contributed by atoms with van der Waals surface area (Å²) in [5, 5.41) is 18.6. The third kappa shape index (κ3) is 1.41. The van der Waals surface area contributed by atoms with Gasteiger partial charge in [0.15, 0.2) is 7.14 Å². The Morgan fingerprint density at radius 1 is 1.36 bits per heavy atom. The fraction of sp³-hybridized carbons (Fsp3) is 0.714. The summed E-state index contributed by atoms with van der Waals surface area (Å²) >= 11 is 0. The van der Waals surface area contributed by atoms with E-state index in [1.54, 1.807) is 13.0 Å².